The van der Waals surface area contributed by atoms with E-state index in [1.165, 1.54) is 13.2 Å². The second-order valence-corrected chi connectivity index (χ2v) is 10.2. The highest BCUT2D eigenvalue weighted by molar-refractivity contribution is 7.93. The molecule has 0 unspecified atom stereocenters. The summed E-state index contributed by atoms with van der Waals surface area (Å²) >= 11 is 0. The lowest BCUT2D eigenvalue weighted by Crippen LogP contribution is -2.37. The summed E-state index contributed by atoms with van der Waals surface area (Å²) in [6.45, 7) is 1.92. The van der Waals surface area contributed by atoms with Crippen molar-refractivity contribution in [2.75, 3.05) is 48.4 Å². The number of amides is 1. The van der Waals surface area contributed by atoms with Gasteiger partial charge in [0.05, 0.1) is 37.1 Å². The Labute approximate surface area is 218 Å². The highest BCUT2D eigenvalue weighted by Gasteiger charge is 2.26. The Morgan fingerprint density at radius 1 is 0.974 bits per heavy atom. The molecule has 3 aromatic carbocycles. The number of ether oxygens (including phenoxy) is 2. The molecule has 196 valence electrons. The summed E-state index contributed by atoms with van der Waals surface area (Å²) in [4.78, 5) is 27.3. The van der Waals surface area contributed by atoms with Gasteiger partial charge in [-0.3, -0.25) is 14.3 Å². The van der Waals surface area contributed by atoms with Crippen molar-refractivity contribution >= 4 is 44.0 Å². The van der Waals surface area contributed by atoms with Gasteiger partial charge in [0, 0.05) is 24.8 Å². The van der Waals surface area contributed by atoms with Crippen molar-refractivity contribution in [3.05, 3.63) is 88.8 Å². The van der Waals surface area contributed by atoms with E-state index in [1.54, 1.807) is 60.7 Å². The molecule has 0 bridgehead atoms. The van der Waals surface area contributed by atoms with Gasteiger partial charge in [-0.1, -0.05) is 24.3 Å². The number of carbonyl (C=O) groups is 1. The van der Waals surface area contributed by atoms with Gasteiger partial charge in [0.2, 0.25) is 0 Å². The van der Waals surface area contributed by atoms with Crippen LogP contribution in [-0.4, -0.2) is 47.7 Å². The number of morpholine rings is 1. The van der Waals surface area contributed by atoms with Gasteiger partial charge in [-0.15, -0.1) is 0 Å². The molecule has 0 saturated carbocycles. The molecule has 10 nitrogen and oxygen atoms in total. The predicted molar refractivity (Wildman–Crippen MR) is 144 cm³/mol. The average Bonchev–Trinajstić information content (AvgIpc) is 2.93. The van der Waals surface area contributed by atoms with E-state index in [0.717, 1.165) is 6.07 Å². The van der Waals surface area contributed by atoms with E-state index in [2.05, 4.69) is 10.0 Å². The van der Waals surface area contributed by atoms with Gasteiger partial charge in [-0.05, 0) is 42.5 Å². The number of anilines is 3. The van der Waals surface area contributed by atoms with E-state index in [0.29, 0.717) is 43.1 Å². The maximum Gasteiger partial charge on any atom is 0.291 e. The highest BCUT2D eigenvalue weighted by Crippen LogP contribution is 2.33. The van der Waals surface area contributed by atoms with Crippen LogP contribution < -0.4 is 25.1 Å². The van der Waals surface area contributed by atoms with Crippen molar-refractivity contribution in [3.8, 4) is 5.75 Å². The van der Waals surface area contributed by atoms with Crippen LogP contribution in [0.4, 0.5) is 17.1 Å². The maximum atomic E-state index is 13.6. The number of rotatable bonds is 7. The van der Waals surface area contributed by atoms with Crippen LogP contribution in [0.2, 0.25) is 0 Å². The van der Waals surface area contributed by atoms with Crippen molar-refractivity contribution in [1.82, 2.24) is 0 Å². The lowest BCUT2D eigenvalue weighted by atomic mass is 10.2. The number of para-hydroxylation sites is 3. The fourth-order valence-electron chi connectivity index (χ4n) is 4.21. The van der Waals surface area contributed by atoms with Gasteiger partial charge in [0.25, 0.3) is 15.9 Å². The maximum absolute atomic E-state index is 13.6. The first-order valence-electron chi connectivity index (χ1n) is 11.8. The molecule has 1 aromatic heterocycles. The average molecular weight is 536 g/mol. The molecular weight excluding hydrogens is 510 g/mol. The standard InChI is InChI=1S/C27H25N3O7S/c1-35-24-9-5-3-7-20(24)29-38(33,34)26-16-18(10-11-21(26)30-12-14-36-15-13-30)28-27(32)25-17-22(31)19-6-2-4-8-23(19)37-25/h2-11,16-17,29H,12-15H2,1H3,(H,28,32). The fraction of sp³-hybridized carbons (Fsp3) is 0.185. The van der Waals surface area contributed by atoms with E-state index < -0.39 is 15.9 Å². The second-order valence-electron chi connectivity index (χ2n) is 8.51. The summed E-state index contributed by atoms with van der Waals surface area (Å²) in [6, 6.07) is 19.0. The zero-order valence-corrected chi connectivity index (χ0v) is 21.3. The fourth-order valence-corrected chi connectivity index (χ4v) is 5.53. The number of hydrogen-bond donors (Lipinski definition) is 2. The molecule has 5 rings (SSSR count). The molecule has 0 spiro atoms. The van der Waals surface area contributed by atoms with Gasteiger partial charge in [0.15, 0.2) is 11.2 Å². The first-order valence-corrected chi connectivity index (χ1v) is 13.3. The molecule has 1 aliphatic heterocycles. The number of methoxy groups -OCH3 is 1. The molecule has 0 radical (unpaired) electrons. The number of nitrogens with zero attached hydrogens (tertiary/aromatic N) is 1. The van der Waals surface area contributed by atoms with Gasteiger partial charge in [0.1, 0.15) is 16.2 Å². The molecule has 1 amide bonds. The largest absolute Gasteiger partial charge is 0.495 e. The van der Waals surface area contributed by atoms with Crippen LogP contribution in [0.15, 0.2) is 86.9 Å². The lowest BCUT2D eigenvalue weighted by Gasteiger charge is -2.30. The molecule has 1 aliphatic rings. The Morgan fingerprint density at radius 3 is 2.50 bits per heavy atom. The zero-order chi connectivity index (χ0) is 26.7. The molecule has 0 atom stereocenters. The quantitative estimate of drug-likeness (QED) is 0.367. The normalized spacial score (nSPS) is 13.8. The lowest BCUT2D eigenvalue weighted by molar-refractivity contribution is 0.0997. The molecule has 2 heterocycles. The minimum atomic E-state index is -4.12. The smallest absolute Gasteiger partial charge is 0.291 e. The van der Waals surface area contributed by atoms with Crippen LogP contribution in [0.25, 0.3) is 11.0 Å². The second kappa shape index (κ2) is 10.6. The summed E-state index contributed by atoms with van der Waals surface area (Å²) < 4.78 is 46.2. The van der Waals surface area contributed by atoms with Gasteiger partial charge in [-0.25, -0.2) is 8.42 Å². The Hall–Kier alpha value is -4.35. The summed E-state index contributed by atoms with van der Waals surface area (Å²) in [5, 5.41) is 3.00. The SMILES string of the molecule is COc1ccccc1NS(=O)(=O)c1cc(NC(=O)c2cc(=O)c3ccccc3o2)ccc1N1CCOCC1. The number of sulfonamides is 1. The Bertz CT molecular complexity index is 1660. The molecule has 1 fully saturated rings. The topological polar surface area (TPSA) is 127 Å². The monoisotopic (exact) mass is 535 g/mol. The number of benzene rings is 3. The van der Waals surface area contributed by atoms with Crippen LogP contribution in [0, 0.1) is 0 Å². The van der Waals surface area contributed by atoms with Crippen LogP contribution in [-0.2, 0) is 14.8 Å². The van der Waals surface area contributed by atoms with Crippen molar-refractivity contribution in [3.63, 3.8) is 0 Å². The molecule has 11 heteroatoms. The first-order chi connectivity index (χ1) is 18.4. The zero-order valence-electron chi connectivity index (χ0n) is 20.5. The third-order valence-electron chi connectivity index (χ3n) is 6.07. The summed E-state index contributed by atoms with van der Waals surface area (Å²) in [6.07, 6.45) is 0. The van der Waals surface area contributed by atoms with Crippen molar-refractivity contribution in [2.24, 2.45) is 0 Å². The van der Waals surface area contributed by atoms with E-state index in [9.17, 15) is 18.0 Å². The Balaban J connectivity index is 1.51. The van der Waals surface area contributed by atoms with Gasteiger partial charge >= 0.3 is 0 Å². The van der Waals surface area contributed by atoms with E-state index in [-0.39, 0.29) is 33.0 Å². The number of carbonyl (C=O) groups excluding carboxylic acids is 1. The van der Waals surface area contributed by atoms with Crippen LogP contribution in [0.1, 0.15) is 10.6 Å². The first kappa shape index (κ1) is 25.3. The van der Waals surface area contributed by atoms with E-state index in [1.807, 2.05) is 4.90 Å². The molecule has 38 heavy (non-hydrogen) atoms. The molecule has 0 aliphatic carbocycles. The number of fused-ring (bicyclic) bond motifs is 1. The van der Waals surface area contributed by atoms with E-state index >= 15 is 0 Å². The predicted octanol–water partition coefficient (Wildman–Crippen LogP) is 3.69. The summed E-state index contributed by atoms with van der Waals surface area (Å²) in [5.74, 6) is -0.518. The minimum Gasteiger partial charge on any atom is -0.495 e. The molecule has 2 N–H and O–H groups in total. The van der Waals surface area contributed by atoms with Crippen LogP contribution in [0.3, 0.4) is 0 Å². The molecule has 1 saturated heterocycles. The highest BCUT2D eigenvalue weighted by atomic mass is 32.2. The Kier molecular flexibility index (Phi) is 7.03. The van der Waals surface area contributed by atoms with Gasteiger partial charge < -0.3 is 24.1 Å². The Morgan fingerprint density at radius 2 is 1.71 bits per heavy atom. The number of nitrogens with one attached hydrogen (secondary N) is 2. The third-order valence-corrected chi connectivity index (χ3v) is 7.46. The minimum absolute atomic E-state index is 0.0388. The molecule has 4 aromatic rings. The third kappa shape index (κ3) is 5.20. The van der Waals surface area contributed by atoms with Crippen LogP contribution in [0.5, 0.6) is 5.75 Å². The van der Waals surface area contributed by atoms with Gasteiger partial charge in [-0.2, -0.15) is 0 Å². The summed E-state index contributed by atoms with van der Waals surface area (Å²) in [5.41, 5.74) is 0.866. The van der Waals surface area contributed by atoms with Crippen molar-refractivity contribution in [1.29, 1.82) is 0 Å². The van der Waals surface area contributed by atoms with Crippen LogP contribution >= 0.6 is 0 Å². The van der Waals surface area contributed by atoms with E-state index in [4.69, 9.17) is 13.9 Å². The number of hydrogen-bond acceptors (Lipinski definition) is 8. The van der Waals surface area contributed by atoms with Crippen molar-refractivity contribution in [2.45, 2.75) is 4.90 Å². The molecular formula is C27H25N3O7S. The summed E-state index contributed by atoms with van der Waals surface area (Å²) in [7, 11) is -2.67. The van der Waals surface area contributed by atoms with Crippen molar-refractivity contribution < 1.29 is 27.1 Å².